The number of ether oxygens (including phenoxy) is 1. The summed E-state index contributed by atoms with van der Waals surface area (Å²) in [4.78, 5) is 32.1. The number of aryl methyl sites for hydroxylation is 1. The molecule has 1 aliphatic heterocycles. The van der Waals surface area contributed by atoms with Crippen LogP contribution in [0.3, 0.4) is 0 Å². The molecule has 6 nitrogen and oxygen atoms in total. The van der Waals surface area contributed by atoms with Crippen molar-refractivity contribution in [1.29, 1.82) is 0 Å². The van der Waals surface area contributed by atoms with E-state index in [1.54, 1.807) is 31.2 Å². The third-order valence-electron chi connectivity index (χ3n) is 5.59. The second-order valence-corrected chi connectivity index (χ2v) is 8.94. The quantitative estimate of drug-likeness (QED) is 0.399. The SMILES string of the molecule is CCOC(=O)C1=C(c2ccccc2)N=c2s/c(=C\c3ccc(C)o3)c(=O)n2[C@H]1c1ccc(F)cc1. The maximum Gasteiger partial charge on any atom is 0.338 e. The van der Waals surface area contributed by atoms with Crippen molar-refractivity contribution in [2.45, 2.75) is 19.9 Å². The Labute approximate surface area is 203 Å². The molecule has 3 heterocycles. The van der Waals surface area contributed by atoms with E-state index in [2.05, 4.69) is 0 Å². The maximum absolute atomic E-state index is 13.8. The molecule has 4 aromatic rings. The lowest BCUT2D eigenvalue weighted by atomic mass is 9.93. The lowest BCUT2D eigenvalue weighted by Crippen LogP contribution is -2.40. The van der Waals surface area contributed by atoms with Crippen molar-refractivity contribution in [3.8, 4) is 0 Å². The molecule has 176 valence electrons. The molecule has 0 fully saturated rings. The molecule has 2 aromatic heterocycles. The topological polar surface area (TPSA) is 73.8 Å². The molecule has 1 aliphatic rings. The lowest BCUT2D eigenvalue weighted by molar-refractivity contribution is -0.138. The highest BCUT2D eigenvalue weighted by atomic mass is 32.1. The highest BCUT2D eigenvalue weighted by Gasteiger charge is 2.35. The van der Waals surface area contributed by atoms with Crippen molar-refractivity contribution in [3.05, 3.63) is 120 Å². The highest BCUT2D eigenvalue weighted by Crippen LogP contribution is 2.35. The van der Waals surface area contributed by atoms with E-state index in [-0.39, 0.29) is 17.7 Å². The Kier molecular flexibility index (Phi) is 6.05. The molecule has 0 aliphatic carbocycles. The minimum absolute atomic E-state index is 0.156. The molecule has 0 radical (unpaired) electrons. The Morgan fingerprint density at radius 3 is 2.54 bits per heavy atom. The van der Waals surface area contributed by atoms with E-state index in [1.165, 1.54) is 28.0 Å². The standard InChI is InChI=1S/C27H21FN2O4S/c1-3-33-26(32)22-23(17-7-5-4-6-8-17)29-27-30(24(22)18-10-12-19(28)13-11-18)25(31)21(35-27)15-20-14-9-16(2)34-20/h4-15,24H,3H2,1-2H3/b21-15-/t24-/m0/s1. The molecule has 0 spiro atoms. The number of thiazole rings is 1. The molecule has 0 saturated carbocycles. The fourth-order valence-corrected chi connectivity index (χ4v) is 5.04. The Bertz CT molecular complexity index is 1610. The first-order valence-corrected chi connectivity index (χ1v) is 11.9. The van der Waals surface area contributed by atoms with Gasteiger partial charge in [0.15, 0.2) is 4.80 Å². The Morgan fingerprint density at radius 1 is 1.14 bits per heavy atom. The third-order valence-corrected chi connectivity index (χ3v) is 6.58. The van der Waals surface area contributed by atoms with Gasteiger partial charge in [0.1, 0.15) is 17.3 Å². The zero-order chi connectivity index (χ0) is 24.5. The van der Waals surface area contributed by atoms with Crippen LogP contribution in [0, 0.1) is 12.7 Å². The molecular weight excluding hydrogens is 467 g/mol. The number of hydrogen-bond acceptors (Lipinski definition) is 6. The third kappa shape index (κ3) is 4.28. The number of halogens is 1. The summed E-state index contributed by atoms with van der Waals surface area (Å²) in [5.74, 6) is 0.267. The van der Waals surface area contributed by atoms with Crippen LogP contribution in [0.15, 0.2) is 86.5 Å². The molecule has 0 unspecified atom stereocenters. The van der Waals surface area contributed by atoms with Crippen molar-refractivity contribution < 1.29 is 18.3 Å². The summed E-state index contributed by atoms with van der Waals surface area (Å²) in [5.41, 5.74) is 1.59. The average molecular weight is 489 g/mol. The summed E-state index contributed by atoms with van der Waals surface area (Å²) in [6.07, 6.45) is 1.66. The van der Waals surface area contributed by atoms with Crippen molar-refractivity contribution in [2.24, 2.45) is 4.99 Å². The number of esters is 1. The molecule has 0 N–H and O–H groups in total. The summed E-state index contributed by atoms with van der Waals surface area (Å²) in [5, 5.41) is 0. The summed E-state index contributed by atoms with van der Waals surface area (Å²) < 4.78 is 26.7. The zero-order valence-electron chi connectivity index (χ0n) is 19.0. The van der Waals surface area contributed by atoms with Crippen molar-refractivity contribution in [2.75, 3.05) is 6.61 Å². The number of carbonyl (C=O) groups is 1. The van der Waals surface area contributed by atoms with Crippen LogP contribution < -0.4 is 14.9 Å². The first-order valence-electron chi connectivity index (χ1n) is 11.1. The van der Waals surface area contributed by atoms with Gasteiger partial charge in [0.05, 0.1) is 28.5 Å². The van der Waals surface area contributed by atoms with Crippen LogP contribution in [0.5, 0.6) is 0 Å². The van der Waals surface area contributed by atoms with E-state index < -0.39 is 17.8 Å². The van der Waals surface area contributed by atoms with Gasteiger partial charge in [0.2, 0.25) is 0 Å². The molecular formula is C27H21FN2O4S. The molecule has 0 bridgehead atoms. The van der Waals surface area contributed by atoms with Crippen LogP contribution in [0.4, 0.5) is 4.39 Å². The van der Waals surface area contributed by atoms with E-state index in [0.717, 1.165) is 5.76 Å². The van der Waals surface area contributed by atoms with Crippen LogP contribution in [-0.4, -0.2) is 17.1 Å². The van der Waals surface area contributed by atoms with Gasteiger partial charge >= 0.3 is 5.97 Å². The minimum Gasteiger partial charge on any atom is -0.463 e. The molecule has 0 amide bonds. The van der Waals surface area contributed by atoms with Gasteiger partial charge in [0, 0.05) is 11.6 Å². The number of hydrogen-bond donors (Lipinski definition) is 0. The normalized spacial score (nSPS) is 15.6. The molecule has 1 atom stereocenters. The Morgan fingerprint density at radius 2 is 1.89 bits per heavy atom. The number of nitrogens with zero attached hydrogens (tertiary/aromatic N) is 2. The summed E-state index contributed by atoms with van der Waals surface area (Å²) in [6, 6.07) is 17.8. The number of benzene rings is 2. The molecule has 0 saturated heterocycles. The van der Waals surface area contributed by atoms with E-state index in [4.69, 9.17) is 14.1 Å². The largest absolute Gasteiger partial charge is 0.463 e. The minimum atomic E-state index is -0.846. The Hall–Kier alpha value is -4.04. The zero-order valence-corrected chi connectivity index (χ0v) is 19.8. The molecule has 8 heteroatoms. The number of carbonyl (C=O) groups excluding carboxylic acids is 1. The van der Waals surface area contributed by atoms with Crippen molar-refractivity contribution in [3.63, 3.8) is 0 Å². The second-order valence-electron chi connectivity index (χ2n) is 7.93. The van der Waals surface area contributed by atoms with Gasteiger partial charge in [-0.05, 0) is 43.7 Å². The number of rotatable bonds is 5. The molecule has 35 heavy (non-hydrogen) atoms. The highest BCUT2D eigenvalue weighted by molar-refractivity contribution is 7.07. The van der Waals surface area contributed by atoms with Crippen molar-refractivity contribution >= 4 is 29.1 Å². The predicted octanol–water partition coefficient (Wildman–Crippen LogP) is 3.98. The molecule has 2 aromatic carbocycles. The van der Waals surface area contributed by atoms with Gasteiger partial charge in [0.25, 0.3) is 5.56 Å². The number of aromatic nitrogens is 1. The fourth-order valence-electron chi connectivity index (χ4n) is 4.06. The first kappa shape index (κ1) is 22.7. The van der Waals surface area contributed by atoms with Crippen LogP contribution in [-0.2, 0) is 9.53 Å². The number of fused-ring (bicyclic) bond motifs is 1. The van der Waals surface area contributed by atoms with Gasteiger partial charge in [-0.15, -0.1) is 0 Å². The lowest BCUT2D eigenvalue weighted by Gasteiger charge is -2.25. The van der Waals surface area contributed by atoms with E-state index in [0.29, 0.717) is 31.9 Å². The van der Waals surface area contributed by atoms with Gasteiger partial charge in [-0.25, -0.2) is 14.2 Å². The van der Waals surface area contributed by atoms with Gasteiger partial charge in [-0.1, -0.05) is 53.8 Å². The summed E-state index contributed by atoms with van der Waals surface area (Å²) in [7, 11) is 0. The van der Waals surface area contributed by atoms with Crippen LogP contribution in [0.1, 0.15) is 35.6 Å². The smallest absolute Gasteiger partial charge is 0.338 e. The van der Waals surface area contributed by atoms with Gasteiger partial charge in [-0.3, -0.25) is 9.36 Å². The van der Waals surface area contributed by atoms with Gasteiger partial charge < -0.3 is 9.15 Å². The summed E-state index contributed by atoms with van der Waals surface area (Å²) >= 11 is 1.20. The first-order chi connectivity index (χ1) is 17.0. The fraction of sp³-hybridized carbons (Fsp3) is 0.148. The van der Waals surface area contributed by atoms with Gasteiger partial charge in [-0.2, -0.15) is 0 Å². The van der Waals surface area contributed by atoms with Crippen molar-refractivity contribution in [1.82, 2.24) is 4.57 Å². The second kappa shape index (κ2) is 9.31. The van der Waals surface area contributed by atoms with E-state index in [9.17, 15) is 14.0 Å². The predicted molar refractivity (Wildman–Crippen MR) is 131 cm³/mol. The van der Waals surface area contributed by atoms with E-state index in [1.807, 2.05) is 43.3 Å². The van der Waals surface area contributed by atoms with E-state index >= 15 is 0 Å². The Balaban J connectivity index is 1.83. The monoisotopic (exact) mass is 488 g/mol. The van der Waals surface area contributed by atoms with Crippen LogP contribution in [0.25, 0.3) is 11.8 Å². The summed E-state index contributed by atoms with van der Waals surface area (Å²) in [6.45, 7) is 3.70. The van der Waals surface area contributed by atoms with Crippen LogP contribution in [0.2, 0.25) is 0 Å². The maximum atomic E-state index is 13.8. The van der Waals surface area contributed by atoms with Crippen LogP contribution >= 0.6 is 11.3 Å². The average Bonchev–Trinajstić information content (AvgIpc) is 3.41. The molecule has 5 rings (SSSR count). The number of furan rings is 1.